The van der Waals surface area contributed by atoms with Gasteiger partial charge in [-0.2, -0.15) is 13.2 Å². The molecule has 1 fully saturated rings. The van der Waals surface area contributed by atoms with Crippen molar-refractivity contribution in [1.29, 1.82) is 0 Å². The number of hydrazine groups is 1. The van der Waals surface area contributed by atoms with E-state index in [9.17, 15) is 18.0 Å². The summed E-state index contributed by atoms with van der Waals surface area (Å²) in [7, 11) is 0. The van der Waals surface area contributed by atoms with Crippen molar-refractivity contribution in [2.75, 3.05) is 6.61 Å². The molecule has 4 nitrogen and oxygen atoms in total. The average Bonchev–Trinajstić information content (AvgIpc) is 3.24. The Balaban J connectivity index is 2.05. The Morgan fingerprint density at radius 3 is 2.33 bits per heavy atom. The normalized spacial score (nSPS) is 27.3. The lowest BCUT2D eigenvalue weighted by molar-refractivity contribution is -0.227. The largest absolute Gasteiger partial charge is 0.463 e. The molecule has 1 aromatic carbocycles. The fraction of sp³-hybridized carbons (Fsp3) is 0.522. The van der Waals surface area contributed by atoms with Crippen LogP contribution in [0.25, 0.3) is 5.70 Å². The van der Waals surface area contributed by atoms with Gasteiger partial charge in [-0.25, -0.2) is 4.79 Å². The van der Waals surface area contributed by atoms with Gasteiger partial charge >= 0.3 is 12.1 Å². The number of ether oxygens (including phenoxy) is 1. The molecule has 0 bridgehead atoms. The first-order valence-corrected chi connectivity index (χ1v) is 10.4. The van der Waals surface area contributed by atoms with Gasteiger partial charge in [0.1, 0.15) is 0 Å². The van der Waals surface area contributed by atoms with Gasteiger partial charge in [-0.1, -0.05) is 51.1 Å². The summed E-state index contributed by atoms with van der Waals surface area (Å²) in [6.45, 7) is 9.08. The molecule has 0 amide bonds. The van der Waals surface area contributed by atoms with Crippen molar-refractivity contribution in [3.63, 3.8) is 0 Å². The number of carbonyl (C=O) groups excluding carboxylic acids is 1. The number of esters is 1. The number of benzene rings is 1. The second kappa shape index (κ2) is 6.53. The van der Waals surface area contributed by atoms with Crippen molar-refractivity contribution in [1.82, 2.24) is 10.0 Å². The topological polar surface area (TPSA) is 32.8 Å². The van der Waals surface area contributed by atoms with Crippen LogP contribution in [0.1, 0.15) is 53.0 Å². The number of carbonyl (C=O) groups is 1. The van der Waals surface area contributed by atoms with Gasteiger partial charge in [0.25, 0.3) is 0 Å². The Kier molecular flexibility index (Phi) is 4.53. The fourth-order valence-corrected chi connectivity index (χ4v) is 5.45. The molecule has 3 heterocycles. The summed E-state index contributed by atoms with van der Waals surface area (Å²) in [6.07, 6.45) is -3.98. The molecular formula is C23H27F3N2O2. The van der Waals surface area contributed by atoms with Crippen LogP contribution in [0.3, 0.4) is 0 Å². The standard InChI is InChI=1S/C23H27F3N2O2/c1-6-15-16-13-22(5,23(24,25)26)28-18(14-11-9-8-10-12-14)17(20(29)30-7-2)19(27(16)28)21(15,3)4/h8-12,19H,6-7,13H2,1-5H3/t19-,22+/m1/s1. The van der Waals surface area contributed by atoms with Gasteiger partial charge in [0, 0.05) is 23.1 Å². The molecule has 0 saturated carbocycles. The van der Waals surface area contributed by atoms with Crippen molar-refractivity contribution < 1.29 is 22.7 Å². The molecule has 0 radical (unpaired) electrons. The van der Waals surface area contributed by atoms with E-state index in [1.165, 1.54) is 11.9 Å². The smallest absolute Gasteiger partial charge is 0.413 e. The summed E-state index contributed by atoms with van der Waals surface area (Å²) in [5.41, 5.74) is 0.214. The van der Waals surface area contributed by atoms with Crippen LogP contribution in [0, 0.1) is 5.41 Å². The summed E-state index contributed by atoms with van der Waals surface area (Å²) in [5, 5.41) is 3.07. The van der Waals surface area contributed by atoms with E-state index in [1.54, 1.807) is 36.2 Å². The third-order valence-electron chi connectivity index (χ3n) is 6.77. The highest BCUT2D eigenvalue weighted by atomic mass is 19.4. The summed E-state index contributed by atoms with van der Waals surface area (Å²) >= 11 is 0. The first-order valence-electron chi connectivity index (χ1n) is 10.4. The second-order valence-corrected chi connectivity index (χ2v) is 8.86. The molecule has 3 aliphatic rings. The Morgan fingerprint density at radius 2 is 1.80 bits per heavy atom. The molecule has 0 spiro atoms. The highest BCUT2D eigenvalue weighted by molar-refractivity contribution is 6.00. The number of alkyl halides is 3. The molecule has 30 heavy (non-hydrogen) atoms. The number of rotatable bonds is 4. The highest BCUT2D eigenvalue weighted by Gasteiger charge is 2.70. The zero-order chi connectivity index (χ0) is 22.1. The Hall–Kier alpha value is -2.44. The van der Waals surface area contributed by atoms with Gasteiger partial charge in [0.05, 0.1) is 23.9 Å². The first-order chi connectivity index (χ1) is 14.0. The predicted octanol–water partition coefficient (Wildman–Crippen LogP) is 5.29. The minimum Gasteiger partial charge on any atom is -0.463 e. The molecular weight excluding hydrogens is 393 g/mol. The minimum atomic E-state index is -4.48. The van der Waals surface area contributed by atoms with Crippen LogP contribution >= 0.6 is 0 Å². The molecule has 3 aliphatic heterocycles. The fourth-order valence-electron chi connectivity index (χ4n) is 5.45. The maximum atomic E-state index is 14.5. The van der Waals surface area contributed by atoms with Crippen molar-refractivity contribution in [2.24, 2.45) is 5.41 Å². The SMILES string of the molecule is CCOC(=O)C1=C(c2ccccc2)N2N3C(=C(CC)C(C)(C)[C@@H]13)C[C@@]2(C)C(F)(F)F. The molecule has 1 aromatic rings. The van der Waals surface area contributed by atoms with Crippen LogP contribution in [0.5, 0.6) is 0 Å². The van der Waals surface area contributed by atoms with Gasteiger partial charge in [-0.05, 0) is 25.8 Å². The van der Waals surface area contributed by atoms with Crippen molar-refractivity contribution in [3.05, 3.63) is 52.7 Å². The van der Waals surface area contributed by atoms with E-state index in [0.29, 0.717) is 29.0 Å². The molecule has 1 saturated heterocycles. The summed E-state index contributed by atoms with van der Waals surface area (Å²) in [4.78, 5) is 13.2. The van der Waals surface area contributed by atoms with E-state index in [0.717, 1.165) is 5.57 Å². The molecule has 0 N–H and O–H groups in total. The zero-order valence-corrected chi connectivity index (χ0v) is 17.9. The zero-order valence-electron chi connectivity index (χ0n) is 17.9. The average molecular weight is 420 g/mol. The van der Waals surface area contributed by atoms with E-state index < -0.39 is 29.1 Å². The predicted molar refractivity (Wildman–Crippen MR) is 108 cm³/mol. The van der Waals surface area contributed by atoms with E-state index in [1.807, 2.05) is 26.8 Å². The summed E-state index contributed by atoms with van der Waals surface area (Å²) < 4.78 is 48.8. The van der Waals surface area contributed by atoms with Gasteiger partial charge in [-0.3, -0.25) is 10.0 Å². The van der Waals surface area contributed by atoms with Gasteiger partial charge in [0.2, 0.25) is 0 Å². The molecule has 2 atom stereocenters. The van der Waals surface area contributed by atoms with E-state index in [2.05, 4.69) is 0 Å². The summed E-state index contributed by atoms with van der Waals surface area (Å²) in [5.74, 6) is -0.551. The van der Waals surface area contributed by atoms with E-state index in [4.69, 9.17) is 4.74 Å². The van der Waals surface area contributed by atoms with Crippen LogP contribution in [-0.2, 0) is 9.53 Å². The van der Waals surface area contributed by atoms with Crippen molar-refractivity contribution in [3.8, 4) is 0 Å². The van der Waals surface area contributed by atoms with E-state index in [-0.39, 0.29) is 13.0 Å². The van der Waals surface area contributed by atoms with Crippen LogP contribution in [0.15, 0.2) is 47.2 Å². The number of hydrogen-bond donors (Lipinski definition) is 0. The Labute approximate surface area is 175 Å². The highest BCUT2D eigenvalue weighted by Crippen LogP contribution is 2.64. The third kappa shape index (κ3) is 2.50. The second-order valence-electron chi connectivity index (χ2n) is 8.86. The van der Waals surface area contributed by atoms with Gasteiger partial charge < -0.3 is 4.74 Å². The Bertz CT molecular complexity index is 949. The van der Waals surface area contributed by atoms with E-state index >= 15 is 0 Å². The van der Waals surface area contributed by atoms with Crippen LogP contribution in [0.2, 0.25) is 0 Å². The quantitative estimate of drug-likeness (QED) is 0.620. The van der Waals surface area contributed by atoms with Crippen LogP contribution in [-0.4, -0.2) is 40.4 Å². The lowest BCUT2D eigenvalue weighted by atomic mass is 9.75. The molecule has 7 heteroatoms. The summed E-state index contributed by atoms with van der Waals surface area (Å²) in [6, 6.07) is 8.33. The molecule has 4 rings (SSSR count). The van der Waals surface area contributed by atoms with Crippen LogP contribution < -0.4 is 0 Å². The first kappa shape index (κ1) is 20.8. The molecule has 162 valence electrons. The maximum absolute atomic E-state index is 14.5. The van der Waals surface area contributed by atoms with Gasteiger partial charge in [0.15, 0.2) is 5.54 Å². The number of halogens is 3. The van der Waals surface area contributed by atoms with Crippen molar-refractivity contribution >= 4 is 11.7 Å². The number of hydrogen-bond acceptors (Lipinski definition) is 4. The third-order valence-corrected chi connectivity index (χ3v) is 6.77. The lowest BCUT2D eigenvalue weighted by Gasteiger charge is -2.41. The lowest BCUT2D eigenvalue weighted by Crippen LogP contribution is -2.55. The van der Waals surface area contributed by atoms with Crippen LogP contribution in [0.4, 0.5) is 13.2 Å². The minimum absolute atomic E-state index is 0.133. The maximum Gasteiger partial charge on any atom is 0.413 e. The van der Waals surface area contributed by atoms with Crippen molar-refractivity contribution in [2.45, 2.75) is 65.2 Å². The molecule has 0 unspecified atom stereocenters. The van der Waals surface area contributed by atoms with Gasteiger partial charge in [-0.15, -0.1) is 0 Å². The number of nitrogens with zero attached hydrogens (tertiary/aromatic N) is 2. The Morgan fingerprint density at radius 1 is 1.17 bits per heavy atom. The molecule has 0 aliphatic carbocycles. The molecule has 0 aromatic heterocycles. The monoisotopic (exact) mass is 420 g/mol.